The molecule has 0 saturated heterocycles. The molecule has 0 atom stereocenters. The van der Waals surface area contributed by atoms with E-state index >= 15 is 0 Å². The Bertz CT molecular complexity index is 909. The number of hydrogen-bond acceptors (Lipinski definition) is 9. The van der Waals surface area contributed by atoms with Gasteiger partial charge in [0.2, 0.25) is 0 Å². The minimum absolute atomic E-state index is 0.115. The van der Waals surface area contributed by atoms with Crippen LogP contribution >= 0.6 is 57.5 Å². The number of thioether (sulfide) groups is 2. The molecule has 3 rings (SSSR count). The van der Waals surface area contributed by atoms with Crippen LogP contribution in [0.1, 0.15) is 40.2 Å². The van der Waals surface area contributed by atoms with E-state index in [1.165, 1.54) is 34.9 Å². The van der Waals surface area contributed by atoms with E-state index in [-0.39, 0.29) is 11.6 Å². The maximum absolute atomic E-state index is 12.4. The standard InChI is InChI=1S/C18H18N2O2S5/c1-9-5-13(11(3)25-9)15(21)7-23-17-19-20-18(27-17)24-8-16(22)14-6-10(2)26-12(14)4/h5-6H,7-8H2,1-4H3. The number of ketones is 2. The summed E-state index contributed by atoms with van der Waals surface area (Å²) in [6, 6.07) is 3.90. The zero-order chi connectivity index (χ0) is 19.6. The summed E-state index contributed by atoms with van der Waals surface area (Å²) < 4.78 is 1.51. The van der Waals surface area contributed by atoms with Crippen LogP contribution in [0.2, 0.25) is 0 Å². The second-order valence-corrected chi connectivity index (χ2v) is 12.3. The lowest BCUT2D eigenvalue weighted by atomic mass is 10.2. The molecule has 4 nitrogen and oxygen atoms in total. The zero-order valence-corrected chi connectivity index (χ0v) is 19.4. The lowest BCUT2D eigenvalue weighted by Gasteiger charge is -1.98. The highest BCUT2D eigenvalue weighted by Gasteiger charge is 2.16. The molecule has 0 saturated carbocycles. The topological polar surface area (TPSA) is 59.9 Å². The molecule has 3 heterocycles. The second-order valence-electron chi connectivity index (χ2n) is 5.91. The van der Waals surface area contributed by atoms with E-state index in [1.54, 1.807) is 22.7 Å². The second kappa shape index (κ2) is 9.00. The summed E-state index contributed by atoms with van der Waals surface area (Å²) in [6.07, 6.45) is 0. The molecular formula is C18H18N2O2S5. The maximum atomic E-state index is 12.4. The van der Waals surface area contributed by atoms with Crippen molar-refractivity contribution in [3.8, 4) is 0 Å². The molecule has 0 unspecified atom stereocenters. The Labute approximate surface area is 178 Å². The Morgan fingerprint density at radius 2 is 1.19 bits per heavy atom. The fraction of sp³-hybridized carbons (Fsp3) is 0.333. The molecule has 0 aliphatic heterocycles. The molecule has 0 radical (unpaired) electrons. The van der Waals surface area contributed by atoms with Gasteiger partial charge < -0.3 is 0 Å². The number of nitrogens with zero attached hydrogens (tertiary/aromatic N) is 2. The Morgan fingerprint density at radius 1 is 0.778 bits per heavy atom. The van der Waals surface area contributed by atoms with Crippen LogP contribution in [-0.4, -0.2) is 33.3 Å². The van der Waals surface area contributed by atoms with Crippen molar-refractivity contribution in [3.05, 3.63) is 42.8 Å². The number of carbonyl (C=O) groups is 2. The first-order valence-corrected chi connectivity index (χ1v) is 12.5. The highest BCUT2D eigenvalue weighted by molar-refractivity contribution is 8.03. The molecule has 0 aliphatic carbocycles. The SMILES string of the molecule is Cc1cc(C(=O)CSc2nnc(SCC(=O)c3cc(C)sc3C)s2)c(C)s1. The number of thiophene rings is 2. The van der Waals surface area contributed by atoms with Crippen molar-refractivity contribution in [2.45, 2.75) is 36.4 Å². The summed E-state index contributed by atoms with van der Waals surface area (Å²) in [6.45, 7) is 7.97. The van der Waals surface area contributed by atoms with Crippen molar-refractivity contribution in [2.24, 2.45) is 0 Å². The van der Waals surface area contributed by atoms with E-state index in [9.17, 15) is 9.59 Å². The number of rotatable bonds is 8. The van der Waals surface area contributed by atoms with Crippen LogP contribution in [-0.2, 0) is 0 Å². The molecule has 0 N–H and O–H groups in total. The van der Waals surface area contributed by atoms with Gasteiger partial charge >= 0.3 is 0 Å². The summed E-state index contributed by atoms with van der Waals surface area (Å²) >= 11 is 7.52. The third kappa shape index (κ3) is 5.29. The van der Waals surface area contributed by atoms with Gasteiger partial charge in [0.1, 0.15) is 0 Å². The summed E-state index contributed by atoms with van der Waals surface area (Å²) in [7, 11) is 0. The highest BCUT2D eigenvalue weighted by atomic mass is 32.2. The van der Waals surface area contributed by atoms with E-state index in [1.807, 2.05) is 39.8 Å². The Hall–Kier alpha value is -1.000. The molecule has 0 amide bonds. The van der Waals surface area contributed by atoms with E-state index in [0.717, 1.165) is 39.3 Å². The van der Waals surface area contributed by atoms with Crippen molar-refractivity contribution in [3.63, 3.8) is 0 Å². The minimum Gasteiger partial charge on any atom is -0.293 e. The third-order valence-electron chi connectivity index (χ3n) is 3.72. The predicted octanol–water partition coefficient (Wildman–Crippen LogP) is 5.84. The van der Waals surface area contributed by atoms with Gasteiger partial charge in [0.25, 0.3) is 0 Å². The number of aromatic nitrogens is 2. The minimum atomic E-state index is 0.115. The van der Waals surface area contributed by atoms with Crippen molar-refractivity contribution >= 4 is 69.1 Å². The number of hydrogen-bond donors (Lipinski definition) is 0. The Kier molecular flexibility index (Phi) is 6.91. The van der Waals surface area contributed by atoms with E-state index in [4.69, 9.17) is 0 Å². The molecule has 27 heavy (non-hydrogen) atoms. The molecule has 3 aromatic rings. The first-order chi connectivity index (χ1) is 12.8. The smallest absolute Gasteiger partial charge is 0.175 e. The van der Waals surface area contributed by atoms with Gasteiger partial charge in [0.15, 0.2) is 20.2 Å². The summed E-state index contributed by atoms with van der Waals surface area (Å²) in [5.74, 6) is 0.931. The van der Waals surface area contributed by atoms with Crippen molar-refractivity contribution in [1.29, 1.82) is 0 Å². The van der Waals surface area contributed by atoms with Crippen LogP contribution < -0.4 is 0 Å². The van der Waals surface area contributed by atoms with Gasteiger partial charge in [-0.3, -0.25) is 9.59 Å². The van der Waals surface area contributed by atoms with Gasteiger partial charge in [-0.05, 0) is 39.8 Å². The van der Waals surface area contributed by atoms with Crippen molar-refractivity contribution in [2.75, 3.05) is 11.5 Å². The highest BCUT2D eigenvalue weighted by Crippen LogP contribution is 2.31. The molecule has 0 aliphatic rings. The summed E-state index contributed by atoms with van der Waals surface area (Å²) in [5, 5.41) is 8.27. The molecule has 0 aromatic carbocycles. The normalized spacial score (nSPS) is 11.1. The van der Waals surface area contributed by atoms with Crippen LogP contribution in [0.25, 0.3) is 0 Å². The van der Waals surface area contributed by atoms with Gasteiger partial charge in [0, 0.05) is 30.6 Å². The quantitative estimate of drug-likeness (QED) is 0.314. The Morgan fingerprint density at radius 3 is 1.52 bits per heavy atom. The van der Waals surface area contributed by atoms with Gasteiger partial charge in [-0.25, -0.2) is 0 Å². The van der Waals surface area contributed by atoms with Gasteiger partial charge in [-0.2, -0.15) is 0 Å². The molecule has 3 aromatic heterocycles. The average molecular weight is 455 g/mol. The lowest BCUT2D eigenvalue weighted by Crippen LogP contribution is -2.02. The molecule has 0 spiro atoms. The summed E-state index contributed by atoms with van der Waals surface area (Å²) in [5.41, 5.74) is 1.60. The van der Waals surface area contributed by atoms with E-state index < -0.39 is 0 Å². The van der Waals surface area contributed by atoms with E-state index in [2.05, 4.69) is 10.2 Å². The molecule has 9 heteroatoms. The average Bonchev–Trinajstić information content (AvgIpc) is 3.29. The molecular weight excluding hydrogens is 437 g/mol. The van der Waals surface area contributed by atoms with E-state index in [0.29, 0.717) is 11.5 Å². The molecule has 0 fully saturated rings. The third-order valence-corrected chi connectivity index (χ3v) is 8.85. The summed E-state index contributed by atoms with van der Waals surface area (Å²) in [4.78, 5) is 29.1. The fourth-order valence-corrected chi connectivity index (χ4v) is 7.21. The van der Waals surface area contributed by atoms with Crippen LogP contribution in [0.15, 0.2) is 20.8 Å². The van der Waals surface area contributed by atoms with Crippen LogP contribution in [0.4, 0.5) is 0 Å². The van der Waals surface area contributed by atoms with Crippen molar-refractivity contribution in [1.82, 2.24) is 10.2 Å². The molecule has 142 valence electrons. The van der Waals surface area contributed by atoms with Crippen LogP contribution in [0.5, 0.6) is 0 Å². The number of aryl methyl sites for hydroxylation is 4. The zero-order valence-electron chi connectivity index (χ0n) is 15.3. The lowest BCUT2D eigenvalue weighted by molar-refractivity contribution is 0.101. The monoisotopic (exact) mass is 454 g/mol. The first-order valence-electron chi connectivity index (χ1n) is 8.13. The van der Waals surface area contributed by atoms with Crippen molar-refractivity contribution < 1.29 is 9.59 Å². The number of Topliss-reactive ketones (excluding diaryl/α,β-unsaturated/α-hetero) is 2. The Balaban J connectivity index is 1.52. The maximum Gasteiger partial charge on any atom is 0.175 e. The van der Waals surface area contributed by atoms with Gasteiger partial charge in [0.05, 0.1) is 11.5 Å². The predicted molar refractivity (Wildman–Crippen MR) is 118 cm³/mol. The number of carbonyl (C=O) groups excluding carboxylic acids is 2. The van der Waals surface area contributed by atoms with Gasteiger partial charge in [-0.15, -0.1) is 32.9 Å². The molecule has 0 bridgehead atoms. The van der Waals surface area contributed by atoms with Gasteiger partial charge in [-0.1, -0.05) is 34.9 Å². The van der Waals surface area contributed by atoms with Crippen LogP contribution in [0.3, 0.4) is 0 Å². The van der Waals surface area contributed by atoms with Crippen LogP contribution in [0, 0.1) is 27.7 Å². The fourth-order valence-electron chi connectivity index (χ4n) is 2.54. The first kappa shape index (κ1) is 20.7. The largest absolute Gasteiger partial charge is 0.293 e.